The van der Waals surface area contributed by atoms with E-state index in [-0.39, 0.29) is 5.91 Å². The predicted molar refractivity (Wildman–Crippen MR) is 77.0 cm³/mol. The standard InChI is InChI=1S/C15H21N3O2/c1-18(12-15(19)17-8-3-9-20-2)11-14-6-4-13(10-16)5-7-14/h4-7H,3,8-9,11-12H2,1-2H3,(H,17,19). The normalized spacial score (nSPS) is 10.3. The van der Waals surface area contributed by atoms with Crippen LogP contribution in [0.25, 0.3) is 0 Å². The van der Waals surface area contributed by atoms with Gasteiger partial charge in [0.05, 0.1) is 18.2 Å². The minimum absolute atomic E-state index is 0.0113. The van der Waals surface area contributed by atoms with Gasteiger partial charge in [-0.3, -0.25) is 9.69 Å². The summed E-state index contributed by atoms with van der Waals surface area (Å²) in [5.74, 6) is 0.0113. The Hall–Kier alpha value is -1.90. The number of ether oxygens (including phenoxy) is 1. The third-order valence-electron chi connectivity index (χ3n) is 2.80. The Morgan fingerprint density at radius 1 is 1.40 bits per heavy atom. The summed E-state index contributed by atoms with van der Waals surface area (Å²) in [7, 11) is 3.54. The lowest BCUT2D eigenvalue weighted by atomic mass is 10.1. The number of benzene rings is 1. The largest absolute Gasteiger partial charge is 0.385 e. The first-order valence-corrected chi connectivity index (χ1v) is 6.59. The summed E-state index contributed by atoms with van der Waals surface area (Å²) in [6, 6.07) is 9.47. The number of carbonyl (C=O) groups is 1. The van der Waals surface area contributed by atoms with Gasteiger partial charge < -0.3 is 10.1 Å². The summed E-state index contributed by atoms with van der Waals surface area (Å²) in [4.78, 5) is 13.6. The Kier molecular flexibility index (Phi) is 7.33. The van der Waals surface area contributed by atoms with Gasteiger partial charge in [-0.25, -0.2) is 0 Å². The van der Waals surface area contributed by atoms with E-state index < -0.39 is 0 Å². The molecule has 5 nitrogen and oxygen atoms in total. The van der Waals surface area contributed by atoms with Gasteiger partial charge >= 0.3 is 0 Å². The molecular formula is C15H21N3O2. The van der Waals surface area contributed by atoms with Crippen molar-refractivity contribution in [3.8, 4) is 6.07 Å². The highest BCUT2D eigenvalue weighted by molar-refractivity contribution is 5.77. The lowest BCUT2D eigenvalue weighted by Crippen LogP contribution is -2.35. The molecule has 0 atom stereocenters. The first-order valence-electron chi connectivity index (χ1n) is 6.59. The van der Waals surface area contributed by atoms with Crippen molar-refractivity contribution in [2.24, 2.45) is 0 Å². The average Bonchev–Trinajstić information content (AvgIpc) is 2.44. The van der Waals surface area contributed by atoms with Crippen molar-refractivity contribution in [1.29, 1.82) is 5.26 Å². The fourth-order valence-corrected chi connectivity index (χ4v) is 1.80. The predicted octanol–water partition coefficient (Wildman–Crippen LogP) is 1.14. The molecule has 108 valence electrons. The lowest BCUT2D eigenvalue weighted by Gasteiger charge is -2.16. The second-order valence-electron chi connectivity index (χ2n) is 4.68. The van der Waals surface area contributed by atoms with E-state index >= 15 is 0 Å². The van der Waals surface area contributed by atoms with Gasteiger partial charge in [-0.1, -0.05) is 12.1 Å². The maximum atomic E-state index is 11.7. The number of carbonyl (C=O) groups excluding carboxylic acids is 1. The molecule has 0 saturated heterocycles. The van der Waals surface area contributed by atoms with Crippen LogP contribution >= 0.6 is 0 Å². The Labute approximate surface area is 120 Å². The van der Waals surface area contributed by atoms with Crippen molar-refractivity contribution in [1.82, 2.24) is 10.2 Å². The zero-order valence-corrected chi connectivity index (χ0v) is 12.1. The zero-order valence-electron chi connectivity index (χ0n) is 12.1. The molecule has 0 bridgehead atoms. The molecule has 0 spiro atoms. The third kappa shape index (κ3) is 6.32. The van der Waals surface area contributed by atoms with Crippen molar-refractivity contribution < 1.29 is 9.53 Å². The van der Waals surface area contributed by atoms with E-state index in [4.69, 9.17) is 10.00 Å². The van der Waals surface area contributed by atoms with Crippen LogP contribution in [-0.2, 0) is 16.1 Å². The molecule has 0 aliphatic rings. The maximum absolute atomic E-state index is 11.7. The van der Waals surface area contributed by atoms with Gasteiger partial charge in [0, 0.05) is 26.8 Å². The summed E-state index contributed by atoms with van der Waals surface area (Å²) >= 11 is 0. The van der Waals surface area contributed by atoms with E-state index in [1.54, 1.807) is 19.2 Å². The number of likely N-dealkylation sites (N-methyl/N-ethyl adjacent to an activating group) is 1. The number of nitrogens with one attached hydrogen (secondary N) is 1. The highest BCUT2D eigenvalue weighted by Gasteiger charge is 2.06. The van der Waals surface area contributed by atoms with Crippen LogP contribution in [0, 0.1) is 11.3 Å². The maximum Gasteiger partial charge on any atom is 0.234 e. The summed E-state index contributed by atoms with van der Waals surface area (Å²) in [5.41, 5.74) is 1.73. The van der Waals surface area contributed by atoms with Crippen molar-refractivity contribution in [2.45, 2.75) is 13.0 Å². The highest BCUT2D eigenvalue weighted by Crippen LogP contribution is 2.05. The molecule has 0 aliphatic heterocycles. The van der Waals surface area contributed by atoms with Crippen LogP contribution in [0.5, 0.6) is 0 Å². The molecule has 20 heavy (non-hydrogen) atoms. The van der Waals surface area contributed by atoms with E-state index in [2.05, 4.69) is 11.4 Å². The van der Waals surface area contributed by atoms with Gasteiger partial charge in [0.25, 0.3) is 0 Å². The van der Waals surface area contributed by atoms with Gasteiger partial charge in [-0.05, 0) is 31.2 Å². The van der Waals surface area contributed by atoms with Gasteiger partial charge in [-0.15, -0.1) is 0 Å². The monoisotopic (exact) mass is 275 g/mol. The van der Waals surface area contributed by atoms with Gasteiger partial charge in [0.15, 0.2) is 0 Å². The molecule has 1 rings (SSSR count). The van der Waals surface area contributed by atoms with Crippen molar-refractivity contribution >= 4 is 5.91 Å². The molecule has 0 unspecified atom stereocenters. The van der Waals surface area contributed by atoms with E-state index in [9.17, 15) is 4.79 Å². The number of rotatable bonds is 8. The summed E-state index contributed by atoms with van der Waals surface area (Å²) in [6.45, 7) is 2.32. The van der Waals surface area contributed by atoms with Crippen LogP contribution in [0.1, 0.15) is 17.5 Å². The number of hydrogen-bond acceptors (Lipinski definition) is 4. The molecule has 0 saturated carbocycles. The molecule has 0 heterocycles. The first-order chi connectivity index (χ1) is 9.65. The molecule has 1 aromatic rings. The van der Waals surface area contributed by atoms with Gasteiger partial charge in [0.1, 0.15) is 0 Å². The number of hydrogen-bond donors (Lipinski definition) is 1. The van der Waals surface area contributed by atoms with Gasteiger partial charge in [0.2, 0.25) is 5.91 Å². The van der Waals surface area contributed by atoms with Crippen LogP contribution in [0.15, 0.2) is 24.3 Å². The first kappa shape index (κ1) is 16.2. The van der Waals surface area contributed by atoms with Crippen LogP contribution in [0.2, 0.25) is 0 Å². The second kappa shape index (κ2) is 9.08. The number of nitrogens with zero attached hydrogens (tertiary/aromatic N) is 2. The molecule has 0 radical (unpaired) electrons. The lowest BCUT2D eigenvalue weighted by molar-refractivity contribution is -0.122. The summed E-state index contributed by atoms with van der Waals surface area (Å²) < 4.78 is 4.92. The topological polar surface area (TPSA) is 65.4 Å². The van der Waals surface area contributed by atoms with Gasteiger partial charge in [-0.2, -0.15) is 5.26 Å². The molecule has 1 aromatic carbocycles. The number of methoxy groups -OCH3 is 1. The van der Waals surface area contributed by atoms with Crippen LogP contribution in [0.3, 0.4) is 0 Å². The molecule has 1 amide bonds. The van der Waals surface area contributed by atoms with E-state index in [0.29, 0.717) is 31.8 Å². The highest BCUT2D eigenvalue weighted by atomic mass is 16.5. The zero-order chi connectivity index (χ0) is 14.8. The van der Waals surface area contributed by atoms with Crippen LogP contribution in [-0.4, -0.2) is 44.7 Å². The molecular weight excluding hydrogens is 254 g/mol. The molecule has 0 fully saturated rings. The molecule has 5 heteroatoms. The fraction of sp³-hybridized carbons (Fsp3) is 0.467. The number of amides is 1. The fourth-order valence-electron chi connectivity index (χ4n) is 1.80. The molecule has 1 N–H and O–H groups in total. The smallest absolute Gasteiger partial charge is 0.234 e. The van der Waals surface area contributed by atoms with E-state index in [0.717, 1.165) is 12.0 Å². The van der Waals surface area contributed by atoms with Crippen molar-refractivity contribution in [2.75, 3.05) is 33.9 Å². The summed E-state index contributed by atoms with van der Waals surface area (Å²) in [5, 5.41) is 11.6. The average molecular weight is 275 g/mol. The minimum Gasteiger partial charge on any atom is -0.385 e. The summed E-state index contributed by atoms with van der Waals surface area (Å²) in [6.07, 6.45) is 0.821. The SMILES string of the molecule is COCCCNC(=O)CN(C)Cc1ccc(C#N)cc1. The Balaban J connectivity index is 2.29. The van der Waals surface area contributed by atoms with E-state index in [1.807, 2.05) is 24.1 Å². The van der Waals surface area contributed by atoms with Crippen LogP contribution < -0.4 is 5.32 Å². The minimum atomic E-state index is 0.0113. The van der Waals surface area contributed by atoms with Crippen molar-refractivity contribution in [3.05, 3.63) is 35.4 Å². The molecule has 0 aliphatic carbocycles. The number of nitriles is 1. The Morgan fingerprint density at radius 3 is 2.70 bits per heavy atom. The quantitative estimate of drug-likeness (QED) is 0.723. The second-order valence-corrected chi connectivity index (χ2v) is 4.68. The third-order valence-corrected chi connectivity index (χ3v) is 2.80. The Bertz CT molecular complexity index is 451. The van der Waals surface area contributed by atoms with Crippen LogP contribution in [0.4, 0.5) is 0 Å². The van der Waals surface area contributed by atoms with Crippen molar-refractivity contribution in [3.63, 3.8) is 0 Å². The van der Waals surface area contributed by atoms with E-state index in [1.165, 1.54) is 0 Å². The Morgan fingerprint density at radius 2 is 2.10 bits per heavy atom. The molecule has 0 aromatic heterocycles.